The Bertz CT molecular complexity index is 1090. The van der Waals surface area contributed by atoms with Gasteiger partial charge in [0.1, 0.15) is 11.9 Å². The first-order chi connectivity index (χ1) is 15.0. The van der Waals surface area contributed by atoms with Crippen LogP contribution in [-0.4, -0.2) is 46.2 Å². The van der Waals surface area contributed by atoms with E-state index < -0.39 is 6.10 Å². The molecule has 0 bridgehead atoms. The molecule has 2 aromatic carbocycles. The smallest absolute Gasteiger partial charge is 0.249 e. The largest absolute Gasteiger partial charge is 0.383 e. The Morgan fingerprint density at radius 3 is 2.61 bits per heavy atom. The van der Waals surface area contributed by atoms with Gasteiger partial charge in [-0.1, -0.05) is 37.3 Å². The first kappa shape index (κ1) is 21.2. The fraction of sp³-hybridized carbons (Fsp3) is 0.400. The van der Waals surface area contributed by atoms with Gasteiger partial charge in [0.2, 0.25) is 5.91 Å². The van der Waals surface area contributed by atoms with E-state index in [0.717, 1.165) is 59.6 Å². The maximum Gasteiger partial charge on any atom is 0.249 e. The van der Waals surface area contributed by atoms with Crippen molar-refractivity contribution in [2.45, 2.75) is 52.2 Å². The Morgan fingerprint density at radius 2 is 1.90 bits per heavy atom. The fourth-order valence-corrected chi connectivity index (χ4v) is 4.13. The maximum atomic E-state index is 12.0. The molecular weight excluding hydrogens is 388 g/mol. The minimum absolute atomic E-state index is 0.0798. The second-order valence-corrected chi connectivity index (χ2v) is 8.40. The maximum absolute atomic E-state index is 12.0. The zero-order valence-electron chi connectivity index (χ0n) is 18.4. The molecule has 0 saturated carbocycles. The van der Waals surface area contributed by atoms with Crippen molar-refractivity contribution in [1.82, 2.24) is 15.3 Å². The summed E-state index contributed by atoms with van der Waals surface area (Å²) in [6, 6.07) is 14.6. The highest BCUT2D eigenvalue weighted by atomic mass is 16.3. The first-order valence-electron chi connectivity index (χ1n) is 11.0. The van der Waals surface area contributed by atoms with Crippen LogP contribution in [-0.2, 0) is 4.79 Å². The molecule has 6 heteroatoms. The number of nitrogens with one attached hydrogen (secondary N) is 1. The van der Waals surface area contributed by atoms with Crippen molar-refractivity contribution >= 4 is 22.6 Å². The second kappa shape index (κ2) is 9.02. The lowest BCUT2D eigenvalue weighted by Crippen LogP contribution is -2.47. The van der Waals surface area contributed by atoms with Crippen LogP contribution < -0.4 is 10.2 Å². The van der Waals surface area contributed by atoms with Gasteiger partial charge in [0.15, 0.2) is 5.82 Å². The average Bonchev–Trinajstić information content (AvgIpc) is 2.78. The van der Waals surface area contributed by atoms with Crippen molar-refractivity contribution in [3.8, 4) is 11.4 Å². The summed E-state index contributed by atoms with van der Waals surface area (Å²) < 4.78 is 0. The molecule has 6 nitrogen and oxygen atoms in total. The van der Waals surface area contributed by atoms with Gasteiger partial charge in [-0.2, -0.15) is 0 Å². The van der Waals surface area contributed by atoms with Crippen molar-refractivity contribution in [3.63, 3.8) is 0 Å². The van der Waals surface area contributed by atoms with Gasteiger partial charge in [0, 0.05) is 30.1 Å². The number of rotatable bonds is 5. The summed E-state index contributed by atoms with van der Waals surface area (Å²) in [6.45, 7) is 7.55. The molecule has 1 aromatic heterocycles. The van der Waals surface area contributed by atoms with Gasteiger partial charge in [-0.25, -0.2) is 9.97 Å². The van der Waals surface area contributed by atoms with Crippen LogP contribution in [0.2, 0.25) is 0 Å². The third-order valence-electron chi connectivity index (χ3n) is 6.05. The lowest BCUT2D eigenvalue weighted by molar-refractivity contribution is -0.130. The van der Waals surface area contributed by atoms with E-state index in [2.05, 4.69) is 54.4 Å². The van der Waals surface area contributed by atoms with E-state index in [9.17, 15) is 9.90 Å². The Hall–Kier alpha value is -2.99. The van der Waals surface area contributed by atoms with Crippen molar-refractivity contribution in [3.05, 3.63) is 53.6 Å². The normalized spacial score (nSPS) is 15.8. The van der Waals surface area contributed by atoms with Gasteiger partial charge in [0.25, 0.3) is 0 Å². The van der Waals surface area contributed by atoms with Gasteiger partial charge in [-0.15, -0.1) is 0 Å². The van der Waals surface area contributed by atoms with Gasteiger partial charge in [-0.3, -0.25) is 4.79 Å². The molecule has 0 radical (unpaired) electrons. The lowest BCUT2D eigenvalue weighted by atomic mass is 10.0. The molecule has 1 aliphatic rings. The van der Waals surface area contributed by atoms with Crippen LogP contribution in [0.4, 0.5) is 5.82 Å². The van der Waals surface area contributed by atoms with Crippen LogP contribution in [0, 0.1) is 13.8 Å². The number of aromatic nitrogens is 2. The molecule has 1 fully saturated rings. The fourth-order valence-electron chi connectivity index (χ4n) is 4.13. The summed E-state index contributed by atoms with van der Waals surface area (Å²) in [7, 11) is 0. The number of aliphatic hydroxyl groups excluding tert-OH is 1. The molecule has 31 heavy (non-hydrogen) atoms. The highest BCUT2D eigenvalue weighted by Gasteiger charge is 2.25. The summed E-state index contributed by atoms with van der Waals surface area (Å²) in [5.41, 5.74) is 4.31. The number of amides is 1. The van der Waals surface area contributed by atoms with Gasteiger partial charge < -0.3 is 15.3 Å². The topological polar surface area (TPSA) is 78.4 Å². The minimum atomic E-state index is -0.927. The summed E-state index contributed by atoms with van der Waals surface area (Å²) in [5.74, 6) is 1.42. The third-order valence-corrected chi connectivity index (χ3v) is 6.05. The van der Waals surface area contributed by atoms with E-state index >= 15 is 0 Å². The highest BCUT2D eigenvalue weighted by Crippen LogP contribution is 2.31. The number of anilines is 1. The summed E-state index contributed by atoms with van der Waals surface area (Å²) in [4.78, 5) is 24.2. The predicted molar refractivity (Wildman–Crippen MR) is 124 cm³/mol. The Morgan fingerprint density at radius 1 is 1.16 bits per heavy atom. The number of fused-ring (bicyclic) bond motifs is 1. The number of piperidine rings is 1. The molecule has 162 valence electrons. The standard InChI is InChI=1S/C25H30N4O2/c1-4-22(30)25(31)26-18-11-13-29(14-12-18)24-20-10-9-16(2)15-21(20)27-23(28-24)19-8-6-5-7-17(19)3/h5-10,15,18,22,30H,4,11-14H2,1-3H3,(H,26,31)/t22-/m0/s1. The van der Waals surface area contributed by atoms with Crippen LogP contribution in [0.5, 0.6) is 0 Å². The predicted octanol–water partition coefficient (Wildman–Crippen LogP) is 3.77. The number of carbonyl (C=O) groups excluding carboxylic acids is 1. The molecule has 1 aliphatic heterocycles. The molecule has 0 unspecified atom stereocenters. The highest BCUT2D eigenvalue weighted by molar-refractivity contribution is 5.91. The van der Waals surface area contributed by atoms with Crippen molar-refractivity contribution < 1.29 is 9.90 Å². The van der Waals surface area contributed by atoms with Crippen LogP contribution in [0.1, 0.15) is 37.3 Å². The van der Waals surface area contributed by atoms with E-state index in [1.165, 1.54) is 5.56 Å². The Labute approximate surface area is 183 Å². The van der Waals surface area contributed by atoms with E-state index in [1.807, 2.05) is 12.1 Å². The molecule has 2 heterocycles. The number of carbonyl (C=O) groups is 1. The van der Waals surface area contributed by atoms with Crippen LogP contribution in [0.15, 0.2) is 42.5 Å². The van der Waals surface area contributed by atoms with E-state index in [0.29, 0.717) is 6.42 Å². The molecule has 0 aliphatic carbocycles. The van der Waals surface area contributed by atoms with Crippen LogP contribution in [0.3, 0.4) is 0 Å². The van der Waals surface area contributed by atoms with Crippen LogP contribution >= 0.6 is 0 Å². The van der Waals surface area contributed by atoms with Gasteiger partial charge in [0.05, 0.1) is 5.52 Å². The molecular formula is C25H30N4O2. The molecule has 4 rings (SSSR count). The van der Waals surface area contributed by atoms with Crippen molar-refractivity contribution in [2.75, 3.05) is 18.0 Å². The molecule has 1 atom stereocenters. The zero-order valence-corrected chi connectivity index (χ0v) is 18.4. The van der Waals surface area contributed by atoms with E-state index in [-0.39, 0.29) is 11.9 Å². The SMILES string of the molecule is CC[C@H](O)C(=O)NC1CCN(c2nc(-c3ccccc3C)nc3cc(C)ccc23)CC1. The second-order valence-electron chi connectivity index (χ2n) is 8.40. The number of aryl methyl sites for hydroxylation is 2. The Kier molecular flexibility index (Phi) is 6.18. The number of benzene rings is 2. The van der Waals surface area contributed by atoms with E-state index in [1.54, 1.807) is 6.92 Å². The Balaban J connectivity index is 1.63. The van der Waals surface area contributed by atoms with Gasteiger partial charge >= 0.3 is 0 Å². The van der Waals surface area contributed by atoms with E-state index in [4.69, 9.17) is 9.97 Å². The third kappa shape index (κ3) is 4.54. The minimum Gasteiger partial charge on any atom is -0.383 e. The number of hydrogen-bond acceptors (Lipinski definition) is 5. The molecule has 1 saturated heterocycles. The number of hydrogen-bond donors (Lipinski definition) is 2. The number of nitrogens with zero attached hydrogens (tertiary/aromatic N) is 3. The van der Waals surface area contributed by atoms with Crippen molar-refractivity contribution in [1.29, 1.82) is 0 Å². The van der Waals surface area contributed by atoms with Crippen LogP contribution in [0.25, 0.3) is 22.3 Å². The average molecular weight is 419 g/mol. The molecule has 3 aromatic rings. The quantitative estimate of drug-likeness (QED) is 0.659. The van der Waals surface area contributed by atoms with Gasteiger partial charge in [-0.05, 0) is 56.4 Å². The number of aliphatic hydroxyl groups is 1. The summed E-state index contributed by atoms with van der Waals surface area (Å²) in [6.07, 6.45) is 1.14. The first-order valence-corrected chi connectivity index (χ1v) is 11.0. The summed E-state index contributed by atoms with van der Waals surface area (Å²) in [5, 5.41) is 13.8. The molecule has 0 spiro atoms. The molecule has 2 N–H and O–H groups in total. The monoisotopic (exact) mass is 418 g/mol. The van der Waals surface area contributed by atoms with Crippen molar-refractivity contribution in [2.24, 2.45) is 0 Å². The lowest BCUT2D eigenvalue weighted by Gasteiger charge is -2.34. The summed E-state index contributed by atoms with van der Waals surface area (Å²) >= 11 is 0. The zero-order chi connectivity index (χ0) is 22.0. The molecule has 1 amide bonds.